The molecule has 1 N–H and O–H groups in total. The Morgan fingerprint density at radius 3 is 2.79 bits per heavy atom. The van der Waals surface area contributed by atoms with Gasteiger partial charge in [0, 0.05) is 11.5 Å². The van der Waals surface area contributed by atoms with Gasteiger partial charge in [-0.25, -0.2) is 0 Å². The van der Waals surface area contributed by atoms with Crippen LogP contribution in [0, 0.1) is 0 Å². The SMILES string of the molecule is CC(C)c1conc1C1CCNCC1. The van der Waals surface area contributed by atoms with Gasteiger partial charge in [-0.3, -0.25) is 0 Å². The summed E-state index contributed by atoms with van der Waals surface area (Å²) in [6, 6.07) is 0. The topological polar surface area (TPSA) is 38.1 Å². The minimum atomic E-state index is 0.520. The van der Waals surface area contributed by atoms with Crippen molar-refractivity contribution >= 4 is 0 Å². The lowest BCUT2D eigenvalue weighted by molar-refractivity contribution is 0.385. The number of rotatable bonds is 2. The van der Waals surface area contributed by atoms with E-state index in [1.807, 2.05) is 6.26 Å². The van der Waals surface area contributed by atoms with E-state index in [1.54, 1.807) is 0 Å². The predicted octanol–water partition coefficient (Wildman–Crippen LogP) is 2.27. The lowest BCUT2D eigenvalue weighted by Crippen LogP contribution is -2.27. The number of nitrogens with zero attached hydrogens (tertiary/aromatic N) is 1. The Hall–Kier alpha value is -0.830. The molecule has 0 radical (unpaired) electrons. The van der Waals surface area contributed by atoms with Crippen LogP contribution in [0.15, 0.2) is 10.8 Å². The first-order chi connectivity index (χ1) is 6.79. The van der Waals surface area contributed by atoms with Crippen molar-refractivity contribution in [3.63, 3.8) is 0 Å². The molecule has 1 saturated heterocycles. The van der Waals surface area contributed by atoms with Gasteiger partial charge in [-0.15, -0.1) is 0 Å². The average Bonchev–Trinajstić information content (AvgIpc) is 2.67. The third-order valence-corrected chi connectivity index (χ3v) is 2.97. The molecule has 0 atom stereocenters. The zero-order valence-electron chi connectivity index (χ0n) is 8.92. The maximum absolute atomic E-state index is 5.09. The summed E-state index contributed by atoms with van der Waals surface area (Å²) in [6.07, 6.45) is 4.18. The summed E-state index contributed by atoms with van der Waals surface area (Å²) in [5, 5.41) is 7.53. The number of piperidine rings is 1. The van der Waals surface area contributed by atoms with Crippen molar-refractivity contribution in [1.82, 2.24) is 10.5 Å². The van der Waals surface area contributed by atoms with Gasteiger partial charge in [0.05, 0.1) is 5.69 Å². The molecule has 1 aliphatic heterocycles. The lowest BCUT2D eigenvalue weighted by atomic mass is 9.89. The van der Waals surface area contributed by atoms with Crippen molar-refractivity contribution in [2.75, 3.05) is 13.1 Å². The Morgan fingerprint density at radius 1 is 1.43 bits per heavy atom. The van der Waals surface area contributed by atoms with Gasteiger partial charge >= 0.3 is 0 Å². The van der Waals surface area contributed by atoms with Crippen LogP contribution in [0.25, 0.3) is 0 Å². The van der Waals surface area contributed by atoms with Crippen molar-refractivity contribution in [2.45, 2.75) is 38.5 Å². The van der Waals surface area contributed by atoms with Crippen LogP contribution in [0.1, 0.15) is 49.8 Å². The number of hydrogen-bond donors (Lipinski definition) is 1. The molecule has 1 aliphatic rings. The van der Waals surface area contributed by atoms with Crippen LogP contribution in [-0.4, -0.2) is 18.2 Å². The van der Waals surface area contributed by atoms with Gasteiger partial charge in [0.1, 0.15) is 6.26 Å². The summed E-state index contributed by atoms with van der Waals surface area (Å²) >= 11 is 0. The third-order valence-electron chi connectivity index (χ3n) is 2.97. The molecule has 1 fully saturated rings. The van der Waals surface area contributed by atoms with Gasteiger partial charge in [-0.05, 0) is 31.8 Å². The standard InChI is InChI=1S/C11H18N2O/c1-8(2)10-7-14-13-11(10)9-3-5-12-6-4-9/h7-9,12H,3-6H2,1-2H3. The fourth-order valence-corrected chi connectivity index (χ4v) is 2.09. The van der Waals surface area contributed by atoms with Crippen LogP contribution >= 0.6 is 0 Å². The highest BCUT2D eigenvalue weighted by atomic mass is 16.5. The quantitative estimate of drug-likeness (QED) is 0.784. The minimum Gasteiger partial charge on any atom is -0.364 e. The van der Waals surface area contributed by atoms with E-state index in [9.17, 15) is 0 Å². The molecule has 3 nitrogen and oxygen atoms in total. The summed E-state index contributed by atoms with van der Waals surface area (Å²) in [4.78, 5) is 0. The summed E-state index contributed by atoms with van der Waals surface area (Å²) < 4.78 is 5.09. The van der Waals surface area contributed by atoms with Crippen molar-refractivity contribution in [1.29, 1.82) is 0 Å². The minimum absolute atomic E-state index is 0.520. The maximum Gasteiger partial charge on any atom is 0.127 e. The molecular weight excluding hydrogens is 176 g/mol. The summed E-state index contributed by atoms with van der Waals surface area (Å²) in [7, 11) is 0. The van der Waals surface area contributed by atoms with Gasteiger partial charge in [0.15, 0.2) is 0 Å². The van der Waals surface area contributed by atoms with E-state index < -0.39 is 0 Å². The first kappa shape index (κ1) is 9.71. The Kier molecular flexibility index (Phi) is 2.87. The van der Waals surface area contributed by atoms with E-state index in [2.05, 4.69) is 24.3 Å². The summed E-state index contributed by atoms with van der Waals surface area (Å²) in [5.41, 5.74) is 2.48. The fraction of sp³-hybridized carbons (Fsp3) is 0.727. The van der Waals surface area contributed by atoms with Crippen LogP contribution in [0.2, 0.25) is 0 Å². The molecular formula is C11H18N2O. The summed E-state index contributed by atoms with van der Waals surface area (Å²) in [5.74, 6) is 1.12. The lowest BCUT2D eigenvalue weighted by Gasteiger charge is -2.21. The van der Waals surface area contributed by atoms with Crippen molar-refractivity contribution < 1.29 is 4.52 Å². The first-order valence-electron chi connectivity index (χ1n) is 5.44. The second-order valence-electron chi connectivity index (χ2n) is 4.33. The zero-order valence-corrected chi connectivity index (χ0v) is 8.92. The van der Waals surface area contributed by atoms with E-state index in [0.717, 1.165) is 13.1 Å². The Balaban J connectivity index is 2.17. The molecule has 1 aromatic rings. The first-order valence-corrected chi connectivity index (χ1v) is 5.44. The second-order valence-corrected chi connectivity index (χ2v) is 4.33. The molecule has 0 amide bonds. The Morgan fingerprint density at radius 2 is 2.14 bits per heavy atom. The number of hydrogen-bond acceptors (Lipinski definition) is 3. The van der Waals surface area contributed by atoms with E-state index in [0.29, 0.717) is 11.8 Å². The fourth-order valence-electron chi connectivity index (χ4n) is 2.09. The zero-order chi connectivity index (χ0) is 9.97. The Labute approximate surface area is 84.9 Å². The molecule has 78 valence electrons. The highest BCUT2D eigenvalue weighted by Gasteiger charge is 2.22. The monoisotopic (exact) mass is 194 g/mol. The number of aromatic nitrogens is 1. The molecule has 3 heteroatoms. The van der Waals surface area contributed by atoms with Crippen LogP contribution in [0.3, 0.4) is 0 Å². The van der Waals surface area contributed by atoms with Crippen LogP contribution < -0.4 is 5.32 Å². The highest BCUT2D eigenvalue weighted by Crippen LogP contribution is 2.30. The van der Waals surface area contributed by atoms with Crippen molar-refractivity contribution in [3.8, 4) is 0 Å². The van der Waals surface area contributed by atoms with Gasteiger partial charge in [0.25, 0.3) is 0 Å². The predicted molar refractivity (Wildman–Crippen MR) is 55.4 cm³/mol. The van der Waals surface area contributed by atoms with E-state index in [-0.39, 0.29) is 0 Å². The van der Waals surface area contributed by atoms with Gasteiger partial charge in [-0.2, -0.15) is 0 Å². The smallest absolute Gasteiger partial charge is 0.127 e. The molecule has 1 aromatic heterocycles. The van der Waals surface area contributed by atoms with E-state index in [4.69, 9.17) is 4.52 Å². The van der Waals surface area contributed by atoms with Gasteiger partial charge in [0.2, 0.25) is 0 Å². The molecule has 0 aliphatic carbocycles. The summed E-state index contributed by atoms with van der Waals surface area (Å²) in [6.45, 7) is 6.60. The molecule has 0 aromatic carbocycles. The van der Waals surface area contributed by atoms with E-state index >= 15 is 0 Å². The molecule has 14 heavy (non-hydrogen) atoms. The Bertz CT molecular complexity index is 287. The molecule has 2 rings (SSSR count). The van der Waals surface area contributed by atoms with Crippen LogP contribution in [0.4, 0.5) is 0 Å². The van der Waals surface area contributed by atoms with Crippen molar-refractivity contribution in [2.24, 2.45) is 0 Å². The van der Waals surface area contributed by atoms with Crippen molar-refractivity contribution in [3.05, 3.63) is 17.5 Å². The highest BCUT2D eigenvalue weighted by molar-refractivity contribution is 5.22. The van der Waals surface area contributed by atoms with Gasteiger partial charge in [-0.1, -0.05) is 19.0 Å². The molecule has 0 saturated carbocycles. The average molecular weight is 194 g/mol. The van der Waals surface area contributed by atoms with Gasteiger partial charge < -0.3 is 9.84 Å². The normalized spacial score (nSPS) is 19.1. The van der Waals surface area contributed by atoms with Crippen LogP contribution in [-0.2, 0) is 0 Å². The van der Waals surface area contributed by atoms with Crippen LogP contribution in [0.5, 0.6) is 0 Å². The number of nitrogens with one attached hydrogen (secondary N) is 1. The molecule has 0 bridgehead atoms. The molecule has 0 unspecified atom stereocenters. The third kappa shape index (κ3) is 1.82. The maximum atomic E-state index is 5.09. The second kappa shape index (κ2) is 4.13. The van der Waals surface area contributed by atoms with E-state index in [1.165, 1.54) is 24.1 Å². The molecule has 0 spiro atoms. The molecule has 2 heterocycles. The largest absolute Gasteiger partial charge is 0.364 e.